The van der Waals surface area contributed by atoms with Gasteiger partial charge in [-0.1, -0.05) is 19.1 Å². The zero-order chi connectivity index (χ0) is 21.8. The third-order valence-corrected chi connectivity index (χ3v) is 6.68. The number of hydrogen-bond donors (Lipinski definition) is 2. The van der Waals surface area contributed by atoms with E-state index in [1.54, 1.807) is 24.3 Å². The first-order valence-corrected chi connectivity index (χ1v) is 12.0. The first kappa shape index (κ1) is 21.1. The Morgan fingerprint density at radius 1 is 0.935 bits per heavy atom. The molecule has 0 saturated carbocycles. The maximum atomic E-state index is 12.6. The lowest BCUT2D eigenvalue weighted by atomic mass is 10.2. The van der Waals surface area contributed by atoms with Gasteiger partial charge in [0, 0.05) is 36.2 Å². The van der Waals surface area contributed by atoms with Crippen LogP contribution in [-0.4, -0.2) is 31.5 Å². The van der Waals surface area contributed by atoms with Crippen LogP contribution in [0.5, 0.6) is 0 Å². The summed E-state index contributed by atoms with van der Waals surface area (Å²) in [7, 11) is -3.63. The summed E-state index contributed by atoms with van der Waals surface area (Å²) in [5.41, 5.74) is 3.32. The van der Waals surface area contributed by atoms with Crippen LogP contribution in [0.2, 0.25) is 0 Å². The van der Waals surface area contributed by atoms with Crippen LogP contribution in [0.1, 0.15) is 31.0 Å². The molecule has 3 aromatic rings. The molecule has 2 aromatic carbocycles. The van der Waals surface area contributed by atoms with E-state index in [4.69, 9.17) is 0 Å². The maximum absolute atomic E-state index is 12.6. The van der Waals surface area contributed by atoms with E-state index < -0.39 is 10.0 Å². The second kappa shape index (κ2) is 8.93. The van der Waals surface area contributed by atoms with Gasteiger partial charge in [-0.25, -0.2) is 13.4 Å². The van der Waals surface area contributed by atoms with Crippen molar-refractivity contribution in [2.24, 2.45) is 0 Å². The Morgan fingerprint density at radius 2 is 1.58 bits per heavy atom. The summed E-state index contributed by atoms with van der Waals surface area (Å²) in [6.45, 7) is 5.96. The van der Waals surface area contributed by atoms with Crippen LogP contribution in [0.15, 0.2) is 59.5 Å². The van der Waals surface area contributed by atoms with Crippen molar-refractivity contribution >= 4 is 33.2 Å². The Morgan fingerprint density at radius 3 is 2.23 bits per heavy atom. The van der Waals surface area contributed by atoms with Crippen LogP contribution in [0, 0.1) is 6.92 Å². The monoisotopic (exact) mass is 437 g/mol. The fraction of sp³-hybridized carbons (Fsp3) is 0.304. The first-order chi connectivity index (χ1) is 14.9. The molecule has 1 aromatic heterocycles. The molecular weight excluding hydrogens is 410 g/mol. The Labute approximate surface area is 183 Å². The molecule has 1 aliphatic rings. The number of hydrogen-bond acceptors (Lipinski definition) is 6. The standard InChI is InChI=1S/C23H27N5O2S/c1-3-18-6-12-21(13-7-18)31(29,30)27-20-10-8-19(9-11-20)25-22-16-17(2)24-23(26-22)28-14-4-5-15-28/h6-13,16,27H,3-5,14-15H2,1-2H3,(H,24,25,26). The number of nitrogens with zero attached hydrogens (tertiary/aromatic N) is 3. The van der Waals surface area contributed by atoms with Crippen LogP contribution in [0.4, 0.5) is 23.1 Å². The van der Waals surface area contributed by atoms with Crippen molar-refractivity contribution in [3.05, 3.63) is 65.9 Å². The van der Waals surface area contributed by atoms with E-state index in [0.29, 0.717) is 5.69 Å². The predicted molar refractivity (Wildman–Crippen MR) is 125 cm³/mol. The van der Waals surface area contributed by atoms with E-state index in [9.17, 15) is 8.42 Å². The minimum atomic E-state index is -3.63. The zero-order valence-corrected chi connectivity index (χ0v) is 18.6. The molecular formula is C23H27N5O2S. The fourth-order valence-corrected chi connectivity index (χ4v) is 4.62. The number of anilines is 4. The van der Waals surface area contributed by atoms with E-state index in [-0.39, 0.29) is 4.90 Å². The van der Waals surface area contributed by atoms with Gasteiger partial charge in [0.25, 0.3) is 10.0 Å². The first-order valence-electron chi connectivity index (χ1n) is 10.5. The average molecular weight is 438 g/mol. The SMILES string of the molecule is CCc1ccc(S(=O)(=O)Nc2ccc(Nc3cc(C)nc(N4CCCC4)n3)cc2)cc1. The third kappa shape index (κ3) is 5.14. The van der Waals surface area contributed by atoms with Gasteiger partial charge in [0.05, 0.1) is 4.90 Å². The number of aromatic nitrogens is 2. The quantitative estimate of drug-likeness (QED) is 0.566. The van der Waals surface area contributed by atoms with Crippen LogP contribution < -0.4 is 14.9 Å². The topological polar surface area (TPSA) is 87.2 Å². The molecule has 0 amide bonds. The van der Waals surface area contributed by atoms with Gasteiger partial charge in [-0.15, -0.1) is 0 Å². The van der Waals surface area contributed by atoms with Crippen molar-refractivity contribution in [2.45, 2.75) is 38.0 Å². The molecule has 2 N–H and O–H groups in total. The molecule has 0 aliphatic carbocycles. The number of sulfonamides is 1. The molecule has 31 heavy (non-hydrogen) atoms. The molecule has 0 radical (unpaired) electrons. The molecule has 0 unspecified atom stereocenters. The van der Waals surface area contributed by atoms with E-state index in [0.717, 1.165) is 48.2 Å². The molecule has 1 fully saturated rings. The van der Waals surface area contributed by atoms with Gasteiger partial charge in [0.1, 0.15) is 5.82 Å². The van der Waals surface area contributed by atoms with Crippen molar-refractivity contribution in [3.63, 3.8) is 0 Å². The van der Waals surface area contributed by atoms with Gasteiger partial charge >= 0.3 is 0 Å². The summed E-state index contributed by atoms with van der Waals surface area (Å²) < 4.78 is 27.9. The number of aryl methyl sites for hydroxylation is 2. The molecule has 1 saturated heterocycles. The van der Waals surface area contributed by atoms with Crippen LogP contribution in [0.3, 0.4) is 0 Å². The zero-order valence-electron chi connectivity index (χ0n) is 17.8. The lowest BCUT2D eigenvalue weighted by molar-refractivity contribution is 0.601. The van der Waals surface area contributed by atoms with Crippen molar-refractivity contribution in [3.8, 4) is 0 Å². The fourth-order valence-electron chi connectivity index (χ4n) is 3.56. The van der Waals surface area contributed by atoms with Gasteiger partial charge in [0.2, 0.25) is 5.95 Å². The second-order valence-corrected chi connectivity index (χ2v) is 9.38. The molecule has 2 heterocycles. The van der Waals surface area contributed by atoms with Crippen LogP contribution >= 0.6 is 0 Å². The minimum absolute atomic E-state index is 0.248. The maximum Gasteiger partial charge on any atom is 0.261 e. The highest BCUT2D eigenvalue weighted by molar-refractivity contribution is 7.92. The van der Waals surface area contributed by atoms with Gasteiger partial charge in [-0.2, -0.15) is 4.98 Å². The molecule has 7 nitrogen and oxygen atoms in total. The summed E-state index contributed by atoms with van der Waals surface area (Å²) in [5, 5.41) is 3.29. The van der Waals surface area contributed by atoms with Crippen LogP contribution in [-0.2, 0) is 16.4 Å². The van der Waals surface area contributed by atoms with Gasteiger partial charge < -0.3 is 10.2 Å². The van der Waals surface area contributed by atoms with Gasteiger partial charge in [-0.3, -0.25) is 4.72 Å². The molecule has 0 atom stereocenters. The molecule has 0 bridgehead atoms. The molecule has 0 spiro atoms. The Kier molecular flexibility index (Phi) is 6.08. The lowest BCUT2D eigenvalue weighted by Crippen LogP contribution is -2.21. The summed E-state index contributed by atoms with van der Waals surface area (Å²) in [6.07, 6.45) is 3.20. The molecule has 162 valence electrons. The lowest BCUT2D eigenvalue weighted by Gasteiger charge is -2.17. The smallest absolute Gasteiger partial charge is 0.261 e. The normalized spacial score (nSPS) is 13.9. The summed E-state index contributed by atoms with van der Waals surface area (Å²) in [4.78, 5) is 11.6. The van der Waals surface area contributed by atoms with Gasteiger partial charge in [0.15, 0.2) is 0 Å². The molecule has 1 aliphatic heterocycles. The van der Waals surface area contributed by atoms with Crippen LogP contribution in [0.25, 0.3) is 0 Å². The van der Waals surface area contributed by atoms with Crippen molar-refractivity contribution in [1.29, 1.82) is 0 Å². The number of nitrogens with one attached hydrogen (secondary N) is 2. The molecule has 8 heteroatoms. The third-order valence-electron chi connectivity index (χ3n) is 5.28. The largest absolute Gasteiger partial charge is 0.341 e. The highest BCUT2D eigenvalue weighted by Crippen LogP contribution is 2.23. The Hall–Kier alpha value is -3.13. The van der Waals surface area contributed by atoms with E-state index in [1.165, 1.54) is 12.8 Å². The van der Waals surface area contributed by atoms with Crippen molar-refractivity contribution in [1.82, 2.24) is 9.97 Å². The summed E-state index contributed by atoms with van der Waals surface area (Å²) in [5.74, 6) is 1.47. The summed E-state index contributed by atoms with van der Waals surface area (Å²) in [6, 6.07) is 15.9. The minimum Gasteiger partial charge on any atom is -0.341 e. The average Bonchev–Trinajstić information content (AvgIpc) is 3.30. The highest BCUT2D eigenvalue weighted by atomic mass is 32.2. The highest BCUT2D eigenvalue weighted by Gasteiger charge is 2.16. The van der Waals surface area contributed by atoms with E-state index in [2.05, 4.69) is 24.9 Å². The predicted octanol–water partition coefficient (Wildman–Crippen LogP) is 4.49. The second-order valence-electron chi connectivity index (χ2n) is 7.69. The summed E-state index contributed by atoms with van der Waals surface area (Å²) >= 11 is 0. The van der Waals surface area contributed by atoms with Crippen molar-refractivity contribution < 1.29 is 8.42 Å². The van der Waals surface area contributed by atoms with E-state index in [1.807, 2.05) is 44.2 Å². The van der Waals surface area contributed by atoms with Gasteiger partial charge in [-0.05, 0) is 68.1 Å². The Bertz CT molecular complexity index is 1140. The number of rotatable bonds is 7. The number of benzene rings is 2. The van der Waals surface area contributed by atoms with Crippen molar-refractivity contribution in [2.75, 3.05) is 28.0 Å². The molecule has 4 rings (SSSR count). The Balaban J connectivity index is 1.46. The van der Waals surface area contributed by atoms with E-state index >= 15 is 0 Å².